The number of imidazole rings is 1. The van der Waals surface area contributed by atoms with Gasteiger partial charge >= 0.3 is 0 Å². The van der Waals surface area contributed by atoms with Gasteiger partial charge in [0.15, 0.2) is 0 Å². The molecule has 2 N–H and O–H groups in total. The van der Waals surface area contributed by atoms with Crippen molar-refractivity contribution in [2.45, 2.75) is 13.5 Å². The van der Waals surface area contributed by atoms with Gasteiger partial charge < -0.3 is 10.3 Å². The molecule has 1 aromatic carbocycles. The van der Waals surface area contributed by atoms with Crippen molar-refractivity contribution < 1.29 is 4.39 Å². The molecule has 0 fully saturated rings. The molecule has 0 radical (unpaired) electrons. The number of nitrogen functional groups attached to an aromatic ring is 1. The lowest BCUT2D eigenvalue weighted by Gasteiger charge is -2.08. The Labute approximate surface area is 109 Å². The summed E-state index contributed by atoms with van der Waals surface area (Å²) < 4.78 is 15.0. The smallest absolute Gasteiger partial charge is 0.201 e. The number of hydrogen-bond acceptors (Lipinski definition) is 3. The van der Waals surface area contributed by atoms with Gasteiger partial charge in [0.05, 0.1) is 23.3 Å². The minimum Gasteiger partial charge on any atom is -0.369 e. The van der Waals surface area contributed by atoms with Crippen molar-refractivity contribution in [3.63, 3.8) is 0 Å². The second-order valence-corrected chi connectivity index (χ2v) is 4.46. The number of anilines is 1. The van der Waals surface area contributed by atoms with Crippen LogP contribution in [0.5, 0.6) is 0 Å². The number of rotatable bonds is 2. The molecule has 19 heavy (non-hydrogen) atoms. The van der Waals surface area contributed by atoms with E-state index in [1.165, 1.54) is 12.1 Å². The zero-order valence-electron chi connectivity index (χ0n) is 10.5. The van der Waals surface area contributed by atoms with Crippen LogP contribution in [0, 0.1) is 12.7 Å². The Kier molecular flexibility index (Phi) is 2.67. The van der Waals surface area contributed by atoms with E-state index in [0.29, 0.717) is 18.0 Å². The van der Waals surface area contributed by atoms with Crippen LogP contribution in [0.1, 0.15) is 11.3 Å². The highest BCUT2D eigenvalue weighted by molar-refractivity contribution is 5.78. The molecule has 2 aromatic heterocycles. The first-order valence-corrected chi connectivity index (χ1v) is 5.97. The predicted molar refractivity (Wildman–Crippen MR) is 72.2 cm³/mol. The molecule has 2 heterocycles. The van der Waals surface area contributed by atoms with Crippen molar-refractivity contribution in [3.05, 3.63) is 53.6 Å². The SMILES string of the molecule is Cc1cccnc1Cn1c(N)nc2cc(F)ccc21. The molecule has 0 aliphatic carbocycles. The Bertz CT molecular complexity index is 748. The molecule has 96 valence electrons. The maximum Gasteiger partial charge on any atom is 0.201 e. The van der Waals surface area contributed by atoms with Crippen LogP contribution in [-0.2, 0) is 6.54 Å². The number of aromatic nitrogens is 3. The molecule has 0 unspecified atom stereocenters. The van der Waals surface area contributed by atoms with E-state index in [2.05, 4.69) is 9.97 Å². The van der Waals surface area contributed by atoms with Crippen LogP contribution < -0.4 is 5.73 Å². The average Bonchev–Trinajstić information content (AvgIpc) is 2.68. The van der Waals surface area contributed by atoms with Crippen LogP contribution in [0.25, 0.3) is 11.0 Å². The van der Waals surface area contributed by atoms with E-state index in [-0.39, 0.29) is 5.82 Å². The molecular formula is C14H13FN4. The predicted octanol–water partition coefficient (Wildman–Crippen LogP) is 2.51. The second kappa shape index (κ2) is 4.35. The van der Waals surface area contributed by atoms with E-state index >= 15 is 0 Å². The van der Waals surface area contributed by atoms with Crippen LogP contribution in [-0.4, -0.2) is 14.5 Å². The van der Waals surface area contributed by atoms with Gasteiger partial charge in [-0.1, -0.05) is 6.07 Å². The number of nitrogens with two attached hydrogens (primary N) is 1. The highest BCUT2D eigenvalue weighted by Gasteiger charge is 2.10. The number of pyridine rings is 1. The first-order chi connectivity index (χ1) is 9.15. The number of halogens is 1. The molecular weight excluding hydrogens is 243 g/mol. The van der Waals surface area contributed by atoms with Crippen molar-refractivity contribution in [2.75, 3.05) is 5.73 Å². The molecule has 3 rings (SSSR count). The summed E-state index contributed by atoms with van der Waals surface area (Å²) in [4.78, 5) is 8.51. The number of hydrogen-bond donors (Lipinski definition) is 1. The highest BCUT2D eigenvalue weighted by Crippen LogP contribution is 2.20. The molecule has 3 aromatic rings. The number of fused-ring (bicyclic) bond motifs is 1. The monoisotopic (exact) mass is 256 g/mol. The van der Waals surface area contributed by atoms with Crippen LogP contribution in [0.2, 0.25) is 0 Å². The summed E-state index contributed by atoms with van der Waals surface area (Å²) in [5.41, 5.74) is 9.29. The lowest BCUT2D eigenvalue weighted by Crippen LogP contribution is -2.07. The van der Waals surface area contributed by atoms with Crippen molar-refractivity contribution in [1.29, 1.82) is 0 Å². The molecule has 0 aliphatic heterocycles. The number of nitrogens with zero attached hydrogens (tertiary/aromatic N) is 3. The van der Waals surface area contributed by atoms with Gasteiger partial charge in [-0.05, 0) is 30.7 Å². The van der Waals surface area contributed by atoms with Gasteiger partial charge in [0.1, 0.15) is 5.82 Å². The molecule has 0 atom stereocenters. The van der Waals surface area contributed by atoms with Crippen LogP contribution in [0.4, 0.5) is 10.3 Å². The lowest BCUT2D eigenvalue weighted by atomic mass is 10.2. The number of aryl methyl sites for hydroxylation is 1. The van der Waals surface area contributed by atoms with Gasteiger partial charge in [0.2, 0.25) is 5.95 Å². The van der Waals surface area contributed by atoms with Gasteiger partial charge in [-0.2, -0.15) is 0 Å². The van der Waals surface area contributed by atoms with Gasteiger partial charge in [-0.3, -0.25) is 4.98 Å². The average molecular weight is 256 g/mol. The zero-order valence-corrected chi connectivity index (χ0v) is 10.5. The van der Waals surface area contributed by atoms with Crippen molar-refractivity contribution in [2.24, 2.45) is 0 Å². The molecule has 0 spiro atoms. The Hall–Kier alpha value is -2.43. The molecule has 0 saturated carbocycles. The fourth-order valence-corrected chi connectivity index (χ4v) is 2.12. The largest absolute Gasteiger partial charge is 0.369 e. The summed E-state index contributed by atoms with van der Waals surface area (Å²) in [5, 5.41) is 0. The third-order valence-corrected chi connectivity index (χ3v) is 3.17. The van der Waals surface area contributed by atoms with E-state index in [1.54, 1.807) is 12.3 Å². The highest BCUT2D eigenvalue weighted by atomic mass is 19.1. The molecule has 0 amide bonds. The zero-order chi connectivity index (χ0) is 13.4. The fraction of sp³-hybridized carbons (Fsp3) is 0.143. The van der Waals surface area contributed by atoms with Gasteiger partial charge in [-0.25, -0.2) is 9.37 Å². The quantitative estimate of drug-likeness (QED) is 0.766. The summed E-state index contributed by atoms with van der Waals surface area (Å²) in [7, 11) is 0. The second-order valence-electron chi connectivity index (χ2n) is 4.46. The van der Waals surface area contributed by atoms with Gasteiger partial charge in [0.25, 0.3) is 0 Å². The Morgan fingerprint density at radius 3 is 2.95 bits per heavy atom. The first kappa shape index (κ1) is 11.6. The van der Waals surface area contributed by atoms with Crippen LogP contribution in [0.15, 0.2) is 36.5 Å². The summed E-state index contributed by atoms with van der Waals surface area (Å²) in [6, 6.07) is 8.37. The third kappa shape index (κ3) is 2.03. The topological polar surface area (TPSA) is 56.7 Å². The van der Waals surface area contributed by atoms with E-state index in [4.69, 9.17) is 5.73 Å². The van der Waals surface area contributed by atoms with Gasteiger partial charge in [-0.15, -0.1) is 0 Å². The van der Waals surface area contributed by atoms with Crippen LogP contribution in [0.3, 0.4) is 0 Å². The molecule has 0 saturated heterocycles. The van der Waals surface area contributed by atoms with E-state index < -0.39 is 0 Å². The van der Waals surface area contributed by atoms with E-state index in [0.717, 1.165) is 16.8 Å². The van der Waals surface area contributed by atoms with Crippen LogP contribution >= 0.6 is 0 Å². The van der Waals surface area contributed by atoms with Crippen molar-refractivity contribution in [3.8, 4) is 0 Å². The summed E-state index contributed by atoms with van der Waals surface area (Å²) in [5.74, 6) is 0.0526. The van der Waals surface area contributed by atoms with Crippen molar-refractivity contribution in [1.82, 2.24) is 14.5 Å². The summed E-state index contributed by atoms with van der Waals surface area (Å²) >= 11 is 0. The fourth-order valence-electron chi connectivity index (χ4n) is 2.12. The molecule has 0 aliphatic rings. The van der Waals surface area contributed by atoms with Crippen molar-refractivity contribution >= 4 is 17.0 Å². The summed E-state index contributed by atoms with van der Waals surface area (Å²) in [6.07, 6.45) is 1.75. The molecule has 5 heteroatoms. The normalized spacial score (nSPS) is 11.1. The van der Waals surface area contributed by atoms with E-state index in [1.807, 2.05) is 23.6 Å². The third-order valence-electron chi connectivity index (χ3n) is 3.17. The molecule has 0 bridgehead atoms. The van der Waals surface area contributed by atoms with Gasteiger partial charge in [0, 0.05) is 12.3 Å². The maximum absolute atomic E-state index is 13.2. The lowest BCUT2D eigenvalue weighted by molar-refractivity contribution is 0.629. The first-order valence-electron chi connectivity index (χ1n) is 5.97. The Morgan fingerprint density at radius 1 is 1.32 bits per heavy atom. The Morgan fingerprint density at radius 2 is 2.16 bits per heavy atom. The maximum atomic E-state index is 13.2. The summed E-state index contributed by atoms with van der Waals surface area (Å²) in [6.45, 7) is 2.53. The molecule has 4 nitrogen and oxygen atoms in total. The minimum absolute atomic E-state index is 0.314. The van der Waals surface area contributed by atoms with E-state index in [9.17, 15) is 4.39 Å². The standard InChI is InChI=1S/C14H13FN4/c1-9-3-2-6-17-12(9)8-19-13-5-4-10(15)7-11(13)18-14(19)16/h2-7H,8H2,1H3,(H2,16,18). The minimum atomic E-state index is -0.314. The number of benzene rings is 1. The Balaban J connectivity index is 2.10.